The van der Waals surface area contributed by atoms with Gasteiger partial charge in [-0.3, -0.25) is 4.79 Å². The van der Waals surface area contributed by atoms with Crippen LogP contribution in [0.25, 0.3) is 0 Å². The Balaban J connectivity index is 0.000000735. The minimum absolute atomic E-state index is 0.639. The van der Waals surface area contributed by atoms with Crippen molar-refractivity contribution in [1.29, 1.82) is 0 Å². The smallest absolute Gasteiger partial charge is 0.142 e. The summed E-state index contributed by atoms with van der Waals surface area (Å²) < 4.78 is 0. The fourth-order valence-electron chi connectivity index (χ4n) is 5.68. The van der Waals surface area contributed by atoms with Gasteiger partial charge in [0, 0.05) is 5.69 Å². The lowest BCUT2D eigenvalue weighted by atomic mass is 9.68. The Hall–Kier alpha value is -1.57. The molecule has 0 spiro atoms. The van der Waals surface area contributed by atoms with E-state index in [0.717, 1.165) is 29.4 Å². The van der Waals surface area contributed by atoms with Gasteiger partial charge in [0.25, 0.3) is 0 Å². The second-order valence-electron chi connectivity index (χ2n) is 9.63. The molecule has 3 rings (SSSR count). The molecule has 0 radical (unpaired) electrons. The molecule has 0 amide bonds. The van der Waals surface area contributed by atoms with Crippen LogP contribution in [0.3, 0.4) is 0 Å². The molecule has 1 aromatic rings. The van der Waals surface area contributed by atoms with E-state index in [2.05, 4.69) is 37.8 Å². The summed E-state index contributed by atoms with van der Waals surface area (Å²) in [4.78, 5) is 9.06. The predicted octanol–water partition coefficient (Wildman–Crippen LogP) is 8.08. The van der Waals surface area contributed by atoms with E-state index in [0.29, 0.717) is 6.29 Å². The van der Waals surface area contributed by atoms with Crippen molar-refractivity contribution < 1.29 is 4.79 Å². The van der Waals surface area contributed by atoms with Gasteiger partial charge in [0.05, 0.1) is 0 Å². The number of unbranched alkanes of at least 4 members (excludes halogenated alkanes) is 4. The van der Waals surface area contributed by atoms with Crippen molar-refractivity contribution in [1.82, 2.24) is 0 Å². The van der Waals surface area contributed by atoms with Gasteiger partial charge in [-0.1, -0.05) is 77.0 Å². The van der Waals surface area contributed by atoms with Gasteiger partial charge in [-0.2, -0.15) is 0 Å². The normalized spacial score (nSPS) is 26.3. The van der Waals surface area contributed by atoms with Crippen LogP contribution in [-0.2, 0) is 4.79 Å². The fourth-order valence-corrected chi connectivity index (χ4v) is 5.68. The molecule has 0 heterocycles. The monoisotopic (exact) mass is 411 g/mol. The Morgan fingerprint density at radius 1 is 0.867 bits per heavy atom. The summed E-state index contributed by atoms with van der Waals surface area (Å²) in [5, 5.41) is 0. The molecule has 2 N–H and O–H groups in total. The number of carbonyl (C=O) groups is 1. The largest absolute Gasteiger partial charge is 0.399 e. The number of nitrogen functional groups attached to an aromatic ring is 1. The number of allylic oxidation sites excluding steroid dienone is 1. The summed E-state index contributed by atoms with van der Waals surface area (Å²) in [7, 11) is 0. The first-order valence-electron chi connectivity index (χ1n) is 12.6. The lowest BCUT2D eigenvalue weighted by Gasteiger charge is -2.38. The van der Waals surface area contributed by atoms with Crippen LogP contribution in [0, 0.1) is 17.8 Å². The molecule has 0 atom stereocenters. The van der Waals surface area contributed by atoms with E-state index in [1.54, 1.807) is 0 Å². The minimum atomic E-state index is 0.639. The van der Waals surface area contributed by atoms with Crippen LogP contribution in [0.1, 0.15) is 108 Å². The molecular weight excluding hydrogens is 366 g/mol. The van der Waals surface area contributed by atoms with Gasteiger partial charge in [0.15, 0.2) is 0 Å². The van der Waals surface area contributed by atoms with Gasteiger partial charge < -0.3 is 5.73 Å². The van der Waals surface area contributed by atoms with Crippen LogP contribution in [0.15, 0.2) is 36.9 Å². The van der Waals surface area contributed by atoms with Crippen molar-refractivity contribution in [3.8, 4) is 0 Å². The Kier molecular flexibility index (Phi) is 11.9. The van der Waals surface area contributed by atoms with Gasteiger partial charge in [-0.15, -0.1) is 0 Å². The summed E-state index contributed by atoms with van der Waals surface area (Å²) in [6, 6.07) is 8.66. The van der Waals surface area contributed by atoms with Crippen LogP contribution in [0.4, 0.5) is 5.69 Å². The lowest BCUT2D eigenvalue weighted by Crippen LogP contribution is -2.25. The number of anilines is 1. The molecule has 30 heavy (non-hydrogen) atoms. The second-order valence-corrected chi connectivity index (χ2v) is 9.63. The number of rotatable bonds is 9. The first kappa shape index (κ1) is 24.7. The van der Waals surface area contributed by atoms with Crippen molar-refractivity contribution in [2.24, 2.45) is 17.8 Å². The highest BCUT2D eigenvalue weighted by Crippen LogP contribution is 2.44. The Labute approximate surface area is 185 Å². The summed E-state index contributed by atoms with van der Waals surface area (Å²) in [6.07, 6.45) is 22.4. The zero-order valence-corrected chi connectivity index (χ0v) is 19.4. The van der Waals surface area contributed by atoms with Gasteiger partial charge >= 0.3 is 0 Å². The molecular formula is C28H45NO. The van der Waals surface area contributed by atoms with E-state index in [1.165, 1.54) is 102 Å². The SMILES string of the molecule is C=CC=O.CCCCCCCC1CCC(C2CCC(c3ccc(N)cc3)CC2)CC1. The lowest BCUT2D eigenvalue weighted by molar-refractivity contribution is -0.104. The van der Waals surface area contributed by atoms with Gasteiger partial charge in [-0.05, 0) is 86.0 Å². The van der Waals surface area contributed by atoms with E-state index >= 15 is 0 Å². The third-order valence-corrected chi connectivity index (χ3v) is 7.55. The van der Waals surface area contributed by atoms with Crippen molar-refractivity contribution in [2.45, 2.75) is 103 Å². The molecule has 0 bridgehead atoms. The molecule has 2 heteroatoms. The van der Waals surface area contributed by atoms with E-state index in [4.69, 9.17) is 10.5 Å². The zero-order valence-electron chi connectivity index (χ0n) is 19.4. The van der Waals surface area contributed by atoms with Crippen molar-refractivity contribution in [3.63, 3.8) is 0 Å². The van der Waals surface area contributed by atoms with Gasteiger partial charge in [0.1, 0.15) is 6.29 Å². The van der Waals surface area contributed by atoms with Crippen molar-refractivity contribution in [3.05, 3.63) is 42.5 Å². The summed E-state index contributed by atoms with van der Waals surface area (Å²) >= 11 is 0. The molecule has 0 aliphatic heterocycles. The van der Waals surface area contributed by atoms with Crippen LogP contribution < -0.4 is 5.73 Å². The number of nitrogens with two attached hydrogens (primary N) is 1. The Morgan fingerprint density at radius 2 is 1.40 bits per heavy atom. The van der Waals surface area contributed by atoms with E-state index in [-0.39, 0.29) is 0 Å². The number of hydrogen-bond acceptors (Lipinski definition) is 2. The molecule has 0 aromatic heterocycles. The second kappa shape index (κ2) is 14.4. The average molecular weight is 412 g/mol. The fraction of sp³-hybridized carbons (Fsp3) is 0.679. The number of aldehydes is 1. The molecule has 2 fully saturated rings. The van der Waals surface area contributed by atoms with E-state index < -0.39 is 0 Å². The highest BCUT2D eigenvalue weighted by molar-refractivity contribution is 5.63. The molecule has 0 unspecified atom stereocenters. The summed E-state index contributed by atoms with van der Waals surface area (Å²) in [6.45, 7) is 5.42. The predicted molar refractivity (Wildman–Crippen MR) is 131 cm³/mol. The van der Waals surface area contributed by atoms with Crippen LogP contribution in [0.5, 0.6) is 0 Å². The highest BCUT2D eigenvalue weighted by Gasteiger charge is 2.31. The van der Waals surface area contributed by atoms with Crippen LogP contribution >= 0.6 is 0 Å². The zero-order chi connectivity index (χ0) is 21.6. The van der Waals surface area contributed by atoms with Crippen molar-refractivity contribution in [2.75, 3.05) is 5.73 Å². The maximum Gasteiger partial charge on any atom is 0.142 e. The molecule has 168 valence electrons. The number of carbonyl (C=O) groups excluding carboxylic acids is 1. The quantitative estimate of drug-likeness (QED) is 0.193. The molecule has 0 saturated heterocycles. The number of benzene rings is 1. The molecule has 2 aliphatic rings. The van der Waals surface area contributed by atoms with Crippen LogP contribution in [-0.4, -0.2) is 6.29 Å². The third-order valence-electron chi connectivity index (χ3n) is 7.55. The topological polar surface area (TPSA) is 43.1 Å². The standard InChI is InChI=1S/C25H41N.C3H4O/c1-2-3-4-5-6-7-20-8-10-21(11-9-20)22-12-14-23(15-13-22)24-16-18-25(26)19-17-24;1-2-3-4/h16-23H,2-15,26H2,1H3;2-3H,1H2. The Bertz CT molecular complexity index is 571. The maximum absolute atomic E-state index is 9.06. The summed E-state index contributed by atoms with van der Waals surface area (Å²) in [5.74, 6) is 3.90. The average Bonchev–Trinajstić information content (AvgIpc) is 2.80. The van der Waals surface area contributed by atoms with E-state index in [1.807, 2.05) is 0 Å². The maximum atomic E-state index is 9.06. The molecule has 2 aliphatic carbocycles. The van der Waals surface area contributed by atoms with Gasteiger partial charge in [-0.25, -0.2) is 0 Å². The van der Waals surface area contributed by atoms with Crippen LogP contribution in [0.2, 0.25) is 0 Å². The first-order chi connectivity index (χ1) is 14.7. The third kappa shape index (κ3) is 8.66. The molecule has 2 nitrogen and oxygen atoms in total. The van der Waals surface area contributed by atoms with Gasteiger partial charge in [0.2, 0.25) is 0 Å². The van der Waals surface area contributed by atoms with E-state index in [9.17, 15) is 0 Å². The highest BCUT2D eigenvalue weighted by atomic mass is 16.1. The Morgan fingerprint density at radius 3 is 1.93 bits per heavy atom. The minimum Gasteiger partial charge on any atom is -0.399 e. The summed E-state index contributed by atoms with van der Waals surface area (Å²) in [5.41, 5.74) is 8.25. The number of hydrogen-bond donors (Lipinski definition) is 1. The molecule has 2 saturated carbocycles. The van der Waals surface area contributed by atoms with Crippen molar-refractivity contribution >= 4 is 12.0 Å². The first-order valence-corrected chi connectivity index (χ1v) is 12.6. The molecule has 1 aromatic carbocycles.